The van der Waals surface area contributed by atoms with Crippen LogP contribution in [0.25, 0.3) is 5.70 Å². The van der Waals surface area contributed by atoms with E-state index in [2.05, 4.69) is 17.4 Å². The first-order chi connectivity index (χ1) is 11.6. The average Bonchev–Trinajstić information content (AvgIpc) is 2.61. The molecule has 1 amide bonds. The molecule has 0 saturated heterocycles. The van der Waals surface area contributed by atoms with E-state index >= 15 is 0 Å². The fourth-order valence-corrected chi connectivity index (χ4v) is 2.25. The summed E-state index contributed by atoms with van der Waals surface area (Å²) in [5.74, 6) is 0.216. The van der Waals surface area contributed by atoms with E-state index in [0.29, 0.717) is 22.0 Å². The summed E-state index contributed by atoms with van der Waals surface area (Å²) < 4.78 is 5.28. The summed E-state index contributed by atoms with van der Waals surface area (Å²) in [6, 6.07) is 14.3. The number of rotatable bonds is 7. The van der Waals surface area contributed by atoms with E-state index in [0.717, 1.165) is 5.56 Å². The fraction of sp³-hybridized carbons (Fsp3) is 0.167. The van der Waals surface area contributed by atoms with Gasteiger partial charge < -0.3 is 14.9 Å². The van der Waals surface area contributed by atoms with Crippen molar-refractivity contribution in [3.63, 3.8) is 0 Å². The van der Waals surface area contributed by atoms with E-state index < -0.39 is 6.10 Å². The Morgan fingerprint density at radius 1 is 1.17 bits per heavy atom. The Morgan fingerprint density at radius 2 is 1.83 bits per heavy atom. The van der Waals surface area contributed by atoms with Crippen LogP contribution in [0.1, 0.15) is 17.2 Å². The predicted molar refractivity (Wildman–Crippen MR) is 94.5 cm³/mol. The SMILES string of the molecule is C=C(NOc1ccccc1C(OC)C(=O)NC)c1ccc(Cl)cc1. The minimum absolute atomic E-state index is 0.259. The lowest BCUT2D eigenvalue weighted by molar-refractivity contribution is -0.131. The molecule has 2 N–H and O–H groups in total. The second-order valence-electron chi connectivity index (χ2n) is 4.96. The minimum Gasteiger partial charge on any atom is -0.382 e. The zero-order valence-corrected chi connectivity index (χ0v) is 14.3. The van der Waals surface area contributed by atoms with Gasteiger partial charge in [-0.3, -0.25) is 4.79 Å². The van der Waals surface area contributed by atoms with Crippen LogP contribution in [0.5, 0.6) is 5.75 Å². The molecule has 0 aliphatic rings. The maximum Gasteiger partial charge on any atom is 0.253 e. The smallest absolute Gasteiger partial charge is 0.253 e. The Kier molecular flexibility index (Phi) is 6.23. The van der Waals surface area contributed by atoms with Gasteiger partial charge in [0.15, 0.2) is 11.9 Å². The maximum absolute atomic E-state index is 11.9. The van der Waals surface area contributed by atoms with E-state index in [1.807, 2.05) is 24.3 Å². The molecule has 0 spiro atoms. The fourth-order valence-electron chi connectivity index (χ4n) is 2.12. The van der Waals surface area contributed by atoms with Crippen molar-refractivity contribution < 1.29 is 14.4 Å². The molecule has 0 saturated carbocycles. The first-order valence-corrected chi connectivity index (χ1v) is 7.65. The molecule has 2 aromatic carbocycles. The number of likely N-dealkylation sites (N-methyl/N-ethyl adjacent to an activating group) is 1. The third-order valence-electron chi connectivity index (χ3n) is 3.40. The molecule has 0 bridgehead atoms. The van der Waals surface area contributed by atoms with Gasteiger partial charge in [-0.2, -0.15) is 0 Å². The Bertz CT molecular complexity index is 716. The van der Waals surface area contributed by atoms with Crippen molar-refractivity contribution in [1.29, 1.82) is 0 Å². The second kappa shape index (κ2) is 8.38. The molecule has 1 atom stereocenters. The molecule has 0 aliphatic heterocycles. The number of carbonyl (C=O) groups is 1. The molecule has 0 aromatic heterocycles. The number of hydroxylamine groups is 1. The second-order valence-corrected chi connectivity index (χ2v) is 5.39. The zero-order chi connectivity index (χ0) is 17.5. The summed E-state index contributed by atoms with van der Waals surface area (Å²) >= 11 is 5.87. The van der Waals surface area contributed by atoms with Crippen LogP contribution < -0.4 is 15.6 Å². The number of amides is 1. The molecule has 24 heavy (non-hydrogen) atoms. The van der Waals surface area contributed by atoms with Gasteiger partial charge in [0.1, 0.15) is 0 Å². The van der Waals surface area contributed by atoms with E-state index in [4.69, 9.17) is 21.2 Å². The average molecular weight is 347 g/mol. The largest absolute Gasteiger partial charge is 0.382 e. The zero-order valence-electron chi connectivity index (χ0n) is 13.5. The molecule has 0 heterocycles. The molecule has 2 rings (SSSR count). The highest BCUT2D eigenvalue weighted by atomic mass is 35.5. The van der Waals surface area contributed by atoms with Gasteiger partial charge in [-0.05, 0) is 18.2 Å². The standard InChI is InChI=1S/C18H19ClN2O3/c1-12(13-8-10-14(19)11-9-13)21-24-16-7-5-4-6-15(16)17(23-3)18(22)20-2/h4-11,17,21H,1H2,2-3H3,(H,20,22). The van der Waals surface area contributed by atoms with Crippen LogP contribution >= 0.6 is 11.6 Å². The molecular weight excluding hydrogens is 328 g/mol. The van der Waals surface area contributed by atoms with Crippen LogP contribution in [0.3, 0.4) is 0 Å². The number of ether oxygens (including phenoxy) is 1. The summed E-state index contributed by atoms with van der Waals surface area (Å²) in [6.45, 7) is 3.93. The topological polar surface area (TPSA) is 59.6 Å². The van der Waals surface area contributed by atoms with Crippen molar-refractivity contribution in [3.05, 3.63) is 71.3 Å². The quantitative estimate of drug-likeness (QED) is 0.755. The number of benzene rings is 2. The van der Waals surface area contributed by atoms with Gasteiger partial charge in [-0.1, -0.05) is 48.5 Å². The van der Waals surface area contributed by atoms with Crippen LogP contribution in [0.4, 0.5) is 0 Å². The molecule has 0 aliphatic carbocycles. The number of methoxy groups -OCH3 is 1. The third kappa shape index (κ3) is 4.28. The summed E-state index contributed by atoms with van der Waals surface area (Å²) in [7, 11) is 3.02. The van der Waals surface area contributed by atoms with Crippen molar-refractivity contribution >= 4 is 23.2 Å². The number of carbonyl (C=O) groups excluding carboxylic acids is 1. The van der Waals surface area contributed by atoms with Crippen molar-refractivity contribution in [3.8, 4) is 5.75 Å². The third-order valence-corrected chi connectivity index (χ3v) is 3.65. The molecule has 1 unspecified atom stereocenters. The monoisotopic (exact) mass is 346 g/mol. The summed E-state index contributed by atoms with van der Waals surface area (Å²) in [4.78, 5) is 17.6. The van der Waals surface area contributed by atoms with Crippen molar-refractivity contribution in [2.24, 2.45) is 0 Å². The van der Waals surface area contributed by atoms with E-state index in [-0.39, 0.29) is 5.91 Å². The van der Waals surface area contributed by atoms with E-state index in [9.17, 15) is 4.79 Å². The normalized spacial score (nSPS) is 11.5. The molecule has 6 heteroatoms. The minimum atomic E-state index is -0.767. The lowest BCUT2D eigenvalue weighted by Gasteiger charge is -2.18. The number of nitrogens with one attached hydrogen (secondary N) is 2. The summed E-state index contributed by atoms with van der Waals surface area (Å²) in [5, 5.41) is 3.21. The molecule has 126 valence electrons. The Hall–Kier alpha value is -2.50. The van der Waals surface area contributed by atoms with Crippen LogP contribution in [-0.2, 0) is 9.53 Å². The first kappa shape index (κ1) is 17.8. The highest BCUT2D eigenvalue weighted by Crippen LogP contribution is 2.27. The predicted octanol–water partition coefficient (Wildman–Crippen LogP) is 3.33. The highest BCUT2D eigenvalue weighted by Gasteiger charge is 2.22. The molecule has 5 nitrogen and oxygen atoms in total. The summed E-state index contributed by atoms with van der Waals surface area (Å²) in [5.41, 5.74) is 4.80. The number of halogens is 1. The molecule has 0 fully saturated rings. The number of hydrogen-bond acceptors (Lipinski definition) is 4. The number of hydrogen-bond donors (Lipinski definition) is 2. The molecule has 2 aromatic rings. The van der Waals surface area contributed by atoms with Crippen LogP contribution in [0.2, 0.25) is 5.02 Å². The molecule has 0 radical (unpaired) electrons. The lowest BCUT2D eigenvalue weighted by atomic mass is 10.1. The van der Waals surface area contributed by atoms with Gasteiger partial charge in [0.2, 0.25) is 0 Å². The van der Waals surface area contributed by atoms with Gasteiger partial charge in [0.05, 0.1) is 5.70 Å². The van der Waals surface area contributed by atoms with Crippen LogP contribution in [0, 0.1) is 0 Å². The Balaban J connectivity index is 2.14. The Labute approximate surface area is 146 Å². The maximum atomic E-state index is 11.9. The van der Waals surface area contributed by atoms with Gasteiger partial charge in [-0.15, -0.1) is 0 Å². The first-order valence-electron chi connectivity index (χ1n) is 7.27. The van der Waals surface area contributed by atoms with Crippen LogP contribution in [-0.4, -0.2) is 20.1 Å². The van der Waals surface area contributed by atoms with Gasteiger partial charge >= 0.3 is 0 Å². The van der Waals surface area contributed by atoms with Crippen molar-refractivity contribution in [1.82, 2.24) is 10.8 Å². The van der Waals surface area contributed by atoms with Crippen molar-refractivity contribution in [2.75, 3.05) is 14.2 Å². The summed E-state index contributed by atoms with van der Waals surface area (Å²) in [6.07, 6.45) is -0.767. The van der Waals surface area contributed by atoms with Gasteiger partial charge in [-0.25, -0.2) is 5.48 Å². The van der Waals surface area contributed by atoms with Gasteiger partial charge in [0, 0.05) is 30.3 Å². The highest BCUT2D eigenvalue weighted by molar-refractivity contribution is 6.30. The van der Waals surface area contributed by atoms with Gasteiger partial charge in [0.25, 0.3) is 5.91 Å². The number of para-hydroxylation sites is 1. The van der Waals surface area contributed by atoms with E-state index in [1.54, 1.807) is 31.3 Å². The van der Waals surface area contributed by atoms with Crippen LogP contribution in [0.15, 0.2) is 55.1 Å². The van der Waals surface area contributed by atoms with Crippen molar-refractivity contribution in [2.45, 2.75) is 6.10 Å². The molecular formula is C18H19ClN2O3. The lowest BCUT2D eigenvalue weighted by Crippen LogP contribution is -2.28. The van der Waals surface area contributed by atoms with E-state index in [1.165, 1.54) is 7.11 Å². The Morgan fingerprint density at radius 3 is 2.46 bits per heavy atom.